The monoisotopic (exact) mass is 511 g/mol. The Morgan fingerprint density at radius 2 is 1.79 bits per heavy atom. The first kappa shape index (κ1) is 24.6. The van der Waals surface area contributed by atoms with Crippen LogP contribution in [-0.4, -0.2) is 44.8 Å². The Labute approximate surface area is 217 Å². The van der Waals surface area contributed by atoms with E-state index >= 15 is 0 Å². The lowest BCUT2D eigenvalue weighted by Gasteiger charge is -2.15. The molecule has 0 fully saturated rings. The van der Waals surface area contributed by atoms with E-state index in [1.165, 1.54) is 10.7 Å². The van der Waals surface area contributed by atoms with Crippen LogP contribution in [0.5, 0.6) is 5.75 Å². The summed E-state index contributed by atoms with van der Waals surface area (Å²) in [6.45, 7) is 1.73. The van der Waals surface area contributed by atoms with Crippen LogP contribution in [0.2, 0.25) is 0 Å². The molecule has 1 amide bonds. The van der Waals surface area contributed by atoms with Crippen LogP contribution in [0.4, 0.5) is 5.82 Å². The zero-order valence-corrected chi connectivity index (χ0v) is 20.7. The largest absolute Gasteiger partial charge is 0.497 e. The highest BCUT2D eigenvalue weighted by Crippen LogP contribution is 2.24. The third kappa shape index (κ3) is 5.05. The molecule has 3 aromatic carbocycles. The summed E-state index contributed by atoms with van der Waals surface area (Å²) in [7, 11) is 1.60. The molecule has 0 radical (unpaired) electrons. The van der Waals surface area contributed by atoms with Gasteiger partial charge in [-0.1, -0.05) is 25.1 Å². The van der Waals surface area contributed by atoms with Gasteiger partial charge in [-0.15, -0.1) is 0 Å². The van der Waals surface area contributed by atoms with Crippen LogP contribution in [0.15, 0.2) is 83.7 Å². The van der Waals surface area contributed by atoms with Gasteiger partial charge in [0, 0.05) is 11.6 Å². The number of hydrogen-bond acceptors (Lipinski definition) is 6. The van der Waals surface area contributed by atoms with Gasteiger partial charge in [-0.2, -0.15) is 0 Å². The number of aromatic amines is 2. The molecular formula is C28H25N5O5. The van der Waals surface area contributed by atoms with Crippen molar-refractivity contribution in [2.75, 3.05) is 12.4 Å². The molecule has 38 heavy (non-hydrogen) atoms. The van der Waals surface area contributed by atoms with Crippen LogP contribution in [0.1, 0.15) is 23.7 Å². The topological polar surface area (TPSA) is 131 Å². The minimum Gasteiger partial charge on any atom is -0.497 e. The summed E-state index contributed by atoms with van der Waals surface area (Å²) in [6, 6.07) is 22.6. The lowest BCUT2D eigenvalue weighted by Crippen LogP contribution is -2.32. The van der Waals surface area contributed by atoms with E-state index < -0.39 is 18.0 Å². The number of ether oxygens (including phenoxy) is 2. The smallest absolute Gasteiger partial charge is 0.338 e. The predicted octanol–water partition coefficient (Wildman–Crippen LogP) is 4.29. The van der Waals surface area contributed by atoms with Gasteiger partial charge in [0.05, 0.1) is 29.4 Å². The number of carbonyl (C=O) groups excluding carboxylic acids is 2. The van der Waals surface area contributed by atoms with Gasteiger partial charge in [0.25, 0.3) is 11.5 Å². The van der Waals surface area contributed by atoms with Gasteiger partial charge < -0.3 is 19.8 Å². The van der Waals surface area contributed by atoms with Crippen molar-refractivity contribution in [3.05, 3.63) is 94.8 Å². The molecule has 2 heterocycles. The molecule has 10 heteroatoms. The second-order valence-electron chi connectivity index (χ2n) is 8.52. The summed E-state index contributed by atoms with van der Waals surface area (Å²) in [5.74, 6) is 0.389. The minimum atomic E-state index is -1.06. The fourth-order valence-corrected chi connectivity index (χ4v) is 3.98. The molecule has 0 saturated carbocycles. The number of anilines is 1. The summed E-state index contributed by atoms with van der Waals surface area (Å²) in [5, 5.41) is 5.47. The van der Waals surface area contributed by atoms with E-state index in [-0.39, 0.29) is 23.4 Å². The number of aromatic nitrogens is 4. The molecule has 10 nitrogen and oxygen atoms in total. The van der Waals surface area contributed by atoms with Crippen molar-refractivity contribution in [1.29, 1.82) is 0 Å². The SMILES string of the molecule is CCC(OC(=O)c1ccc2nc(-c3ccc(OC)cc3)[nH]c2c1)C(=O)Nc1cc(=O)n(-c2ccccc2)[nH]1. The number of para-hydroxylation sites is 1. The molecule has 5 rings (SSSR count). The van der Waals surface area contributed by atoms with Crippen LogP contribution in [-0.2, 0) is 9.53 Å². The summed E-state index contributed by atoms with van der Waals surface area (Å²) >= 11 is 0. The molecule has 192 valence electrons. The van der Waals surface area contributed by atoms with Crippen molar-refractivity contribution in [2.45, 2.75) is 19.4 Å². The van der Waals surface area contributed by atoms with Crippen molar-refractivity contribution >= 4 is 28.7 Å². The van der Waals surface area contributed by atoms with Crippen molar-refractivity contribution < 1.29 is 19.1 Å². The molecule has 0 saturated heterocycles. The molecule has 2 aromatic heterocycles. The number of rotatable bonds is 8. The molecule has 1 atom stereocenters. The van der Waals surface area contributed by atoms with Gasteiger partial charge in [0.1, 0.15) is 17.4 Å². The van der Waals surface area contributed by atoms with Gasteiger partial charge in [-0.05, 0) is 61.0 Å². The zero-order chi connectivity index (χ0) is 26.6. The van der Waals surface area contributed by atoms with E-state index in [0.29, 0.717) is 22.5 Å². The second kappa shape index (κ2) is 10.5. The maximum Gasteiger partial charge on any atom is 0.338 e. The molecule has 0 aliphatic heterocycles. The number of carbonyl (C=O) groups is 2. The molecular weight excluding hydrogens is 486 g/mol. The Bertz CT molecular complexity index is 1650. The van der Waals surface area contributed by atoms with E-state index in [1.54, 1.807) is 56.5 Å². The first-order valence-corrected chi connectivity index (χ1v) is 12.0. The number of imidazole rings is 1. The minimum absolute atomic E-state index is 0.197. The van der Waals surface area contributed by atoms with Crippen LogP contribution in [0.3, 0.4) is 0 Å². The van der Waals surface area contributed by atoms with Crippen molar-refractivity contribution in [3.8, 4) is 22.8 Å². The van der Waals surface area contributed by atoms with E-state index in [1.807, 2.05) is 30.3 Å². The average molecular weight is 512 g/mol. The maximum absolute atomic E-state index is 12.9. The number of esters is 1. The standard InChI is InChI=1S/C28H25N5O5/c1-3-23(27(35)31-24-16-25(34)33(32-24)19-7-5-4-6-8-19)38-28(36)18-11-14-21-22(15-18)30-26(29-21)17-9-12-20(37-2)13-10-17/h4-16,23,32H,3H2,1-2H3,(H,29,30)(H,31,35). The highest BCUT2D eigenvalue weighted by Gasteiger charge is 2.23. The Morgan fingerprint density at radius 1 is 1.03 bits per heavy atom. The Kier molecular flexibility index (Phi) is 6.77. The third-order valence-electron chi connectivity index (χ3n) is 5.99. The van der Waals surface area contributed by atoms with E-state index in [0.717, 1.165) is 11.3 Å². The molecule has 0 aliphatic carbocycles. The summed E-state index contributed by atoms with van der Waals surface area (Å²) in [5.41, 5.74) is 2.77. The first-order chi connectivity index (χ1) is 18.4. The highest BCUT2D eigenvalue weighted by molar-refractivity contribution is 5.98. The third-order valence-corrected chi connectivity index (χ3v) is 5.99. The molecule has 5 aromatic rings. The molecule has 0 spiro atoms. The number of nitrogens with one attached hydrogen (secondary N) is 3. The number of benzene rings is 3. The number of fused-ring (bicyclic) bond motifs is 1. The number of nitrogens with zero attached hydrogens (tertiary/aromatic N) is 2. The molecule has 0 aliphatic rings. The van der Waals surface area contributed by atoms with E-state index in [2.05, 4.69) is 20.4 Å². The van der Waals surface area contributed by atoms with Crippen LogP contribution in [0, 0.1) is 0 Å². The lowest BCUT2D eigenvalue weighted by molar-refractivity contribution is -0.124. The summed E-state index contributed by atoms with van der Waals surface area (Å²) in [4.78, 5) is 45.9. The maximum atomic E-state index is 12.9. The average Bonchev–Trinajstić information content (AvgIpc) is 3.54. The van der Waals surface area contributed by atoms with Crippen molar-refractivity contribution in [1.82, 2.24) is 19.7 Å². The summed E-state index contributed by atoms with van der Waals surface area (Å²) < 4.78 is 12.0. The van der Waals surface area contributed by atoms with Gasteiger partial charge in [0.15, 0.2) is 6.10 Å². The number of methoxy groups -OCH3 is 1. The van der Waals surface area contributed by atoms with Crippen LogP contribution in [0.25, 0.3) is 28.1 Å². The fourth-order valence-electron chi connectivity index (χ4n) is 3.98. The van der Waals surface area contributed by atoms with Gasteiger partial charge in [0.2, 0.25) is 0 Å². The zero-order valence-electron chi connectivity index (χ0n) is 20.7. The molecule has 3 N–H and O–H groups in total. The van der Waals surface area contributed by atoms with Gasteiger partial charge >= 0.3 is 5.97 Å². The highest BCUT2D eigenvalue weighted by atomic mass is 16.5. The number of H-pyrrole nitrogens is 2. The lowest BCUT2D eigenvalue weighted by atomic mass is 10.2. The van der Waals surface area contributed by atoms with E-state index in [4.69, 9.17) is 9.47 Å². The molecule has 1 unspecified atom stereocenters. The number of amides is 1. The van der Waals surface area contributed by atoms with Crippen LogP contribution >= 0.6 is 0 Å². The van der Waals surface area contributed by atoms with Crippen molar-refractivity contribution in [2.24, 2.45) is 0 Å². The second-order valence-corrected chi connectivity index (χ2v) is 8.52. The predicted molar refractivity (Wildman–Crippen MR) is 143 cm³/mol. The Morgan fingerprint density at radius 3 is 2.50 bits per heavy atom. The normalized spacial score (nSPS) is 11.7. The Hall–Kier alpha value is -5.12. The molecule has 0 bridgehead atoms. The van der Waals surface area contributed by atoms with E-state index in [9.17, 15) is 14.4 Å². The van der Waals surface area contributed by atoms with Gasteiger partial charge in [-0.3, -0.25) is 14.7 Å². The van der Waals surface area contributed by atoms with Crippen LogP contribution < -0.4 is 15.6 Å². The number of hydrogen-bond donors (Lipinski definition) is 3. The Balaban J connectivity index is 1.28. The first-order valence-electron chi connectivity index (χ1n) is 12.0. The summed E-state index contributed by atoms with van der Waals surface area (Å²) in [6.07, 6.45) is -0.812. The fraction of sp³-hybridized carbons (Fsp3) is 0.143. The van der Waals surface area contributed by atoms with Crippen molar-refractivity contribution in [3.63, 3.8) is 0 Å². The van der Waals surface area contributed by atoms with Gasteiger partial charge in [-0.25, -0.2) is 14.5 Å². The quantitative estimate of drug-likeness (QED) is 0.266.